The van der Waals surface area contributed by atoms with Gasteiger partial charge in [0.1, 0.15) is 0 Å². The van der Waals surface area contributed by atoms with Crippen LogP contribution in [0.4, 0.5) is 5.69 Å². The Hall–Kier alpha value is -2.93. The quantitative estimate of drug-likeness (QED) is 0.630. The zero-order chi connectivity index (χ0) is 20.4. The smallest absolute Gasteiger partial charge is 0.227 e. The van der Waals surface area contributed by atoms with E-state index in [0.717, 1.165) is 54.6 Å². The molecule has 1 fully saturated rings. The van der Waals surface area contributed by atoms with Crippen molar-refractivity contribution >= 4 is 28.3 Å². The molecule has 29 heavy (non-hydrogen) atoms. The largest absolute Gasteiger partial charge is 0.360 e. The number of aromatic amines is 1. The number of para-hydroxylation sites is 1. The fraction of sp³-hybridized carbons (Fsp3) is 0.409. The van der Waals surface area contributed by atoms with Crippen LogP contribution in [0.3, 0.4) is 0 Å². The van der Waals surface area contributed by atoms with Crippen LogP contribution in [0.5, 0.6) is 0 Å². The third-order valence-electron chi connectivity index (χ3n) is 5.91. The number of aryl methyl sites for hydroxylation is 1. The number of carbonyl (C=O) groups excluding carboxylic acids is 2. The predicted octanol–water partition coefficient (Wildman–Crippen LogP) is 3.31. The van der Waals surface area contributed by atoms with E-state index in [1.54, 1.807) is 17.1 Å². The number of Topliss-reactive ketones (excluding diaryl/α,β-unsaturated/α-hetero) is 1. The summed E-state index contributed by atoms with van der Waals surface area (Å²) in [6, 6.07) is 7.65. The SMILES string of the molecule is CCn1cc(NC(=O)C2CCN(C(C)C(=O)c3c[nH]c4ccccc34)CC2)cn1. The summed E-state index contributed by atoms with van der Waals surface area (Å²) < 4.78 is 1.79. The summed E-state index contributed by atoms with van der Waals surface area (Å²) in [5.41, 5.74) is 2.45. The number of nitrogens with one attached hydrogen (secondary N) is 2. The number of piperidine rings is 1. The first-order valence-corrected chi connectivity index (χ1v) is 10.2. The molecule has 4 rings (SSSR count). The number of H-pyrrole nitrogens is 1. The Morgan fingerprint density at radius 2 is 2.03 bits per heavy atom. The van der Waals surface area contributed by atoms with Gasteiger partial charge in [-0.1, -0.05) is 18.2 Å². The molecular formula is C22H27N5O2. The van der Waals surface area contributed by atoms with E-state index in [-0.39, 0.29) is 23.7 Å². The number of hydrogen-bond donors (Lipinski definition) is 2. The van der Waals surface area contributed by atoms with Gasteiger partial charge in [0.05, 0.1) is 17.9 Å². The minimum atomic E-state index is -0.207. The highest BCUT2D eigenvalue weighted by Crippen LogP contribution is 2.24. The molecule has 1 saturated heterocycles. The van der Waals surface area contributed by atoms with Gasteiger partial charge in [-0.2, -0.15) is 5.10 Å². The molecule has 1 aliphatic heterocycles. The Bertz CT molecular complexity index is 1010. The van der Waals surface area contributed by atoms with E-state index in [1.807, 2.05) is 44.3 Å². The van der Waals surface area contributed by atoms with Gasteiger partial charge in [0, 0.05) is 41.3 Å². The van der Waals surface area contributed by atoms with Crippen molar-refractivity contribution in [2.75, 3.05) is 18.4 Å². The third kappa shape index (κ3) is 3.96. The second-order valence-electron chi connectivity index (χ2n) is 7.67. The number of likely N-dealkylation sites (tertiary alicyclic amines) is 1. The Balaban J connectivity index is 1.35. The standard InChI is InChI=1S/C22H27N5O2/c1-3-27-14-17(12-24-27)25-22(29)16-8-10-26(11-9-16)15(2)21(28)19-13-23-20-7-5-4-6-18(19)20/h4-7,12-16,23H,3,8-11H2,1-2H3,(H,25,29). The van der Waals surface area contributed by atoms with Gasteiger partial charge in [0.2, 0.25) is 5.91 Å². The average Bonchev–Trinajstić information content (AvgIpc) is 3.39. The van der Waals surface area contributed by atoms with Gasteiger partial charge in [-0.05, 0) is 45.8 Å². The van der Waals surface area contributed by atoms with E-state index >= 15 is 0 Å². The number of carbonyl (C=O) groups is 2. The van der Waals surface area contributed by atoms with Crippen molar-refractivity contribution in [3.63, 3.8) is 0 Å². The van der Waals surface area contributed by atoms with E-state index in [2.05, 4.69) is 20.3 Å². The number of anilines is 1. The van der Waals surface area contributed by atoms with Crippen LogP contribution in [0.25, 0.3) is 10.9 Å². The topological polar surface area (TPSA) is 83.0 Å². The van der Waals surface area contributed by atoms with Crippen LogP contribution in [0.1, 0.15) is 37.0 Å². The number of nitrogens with zero attached hydrogens (tertiary/aromatic N) is 3. The highest BCUT2D eigenvalue weighted by Gasteiger charge is 2.31. The number of amides is 1. The van der Waals surface area contributed by atoms with Crippen LogP contribution in [0.15, 0.2) is 42.9 Å². The van der Waals surface area contributed by atoms with Crippen LogP contribution in [0.2, 0.25) is 0 Å². The van der Waals surface area contributed by atoms with Gasteiger partial charge >= 0.3 is 0 Å². The predicted molar refractivity (Wildman–Crippen MR) is 113 cm³/mol. The molecule has 0 radical (unpaired) electrons. The molecule has 1 aromatic carbocycles. The van der Waals surface area contributed by atoms with Crippen molar-refractivity contribution in [3.05, 3.63) is 48.4 Å². The van der Waals surface area contributed by atoms with E-state index in [1.165, 1.54) is 0 Å². The normalized spacial score (nSPS) is 16.8. The Kier molecular flexibility index (Phi) is 5.49. The van der Waals surface area contributed by atoms with Crippen molar-refractivity contribution < 1.29 is 9.59 Å². The molecule has 1 atom stereocenters. The molecule has 3 aromatic rings. The summed E-state index contributed by atoms with van der Waals surface area (Å²) in [6.45, 7) is 6.22. The lowest BCUT2D eigenvalue weighted by Gasteiger charge is -2.34. The summed E-state index contributed by atoms with van der Waals surface area (Å²) in [6.07, 6.45) is 6.83. The zero-order valence-corrected chi connectivity index (χ0v) is 16.9. The maximum absolute atomic E-state index is 13.1. The van der Waals surface area contributed by atoms with Crippen molar-refractivity contribution in [3.8, 4) is 0 Å². The molecule has 7 nitrogen and oxygen atoms in total. The highest BCUT2D eigenvalue weighted by molar-refractivity contribution is 6.10. The van der Waals surface area contributed by atoms with Crippen molar-refractivity contribution in [2.24, 2.45) is 5.92 Å². The summed E-state index contributed by atoms with van der Waals surface area (Å²) in [4.78, 5) is 31.0. The van der Waals surface area contributed by atoms with Crippen molar-refractivity contribution in [1.82, 2.24) is 19.7 Å². The summed E-state index contributed by atoms with van der Waals surface area (Å²) in [5, 5.41) is 8.12. The van der Waals surface area contributed by atoms with Gasteiger partial charge in [0.15, 0.2) is 5.78 Å². The highest BCUT2D eigenvalue weighted by atomic mass is 16.2. The monoisotopic (exact) mass is 393 g/mol. The molecule has 7 heteroatoms. The second kappa shape index (κ2) is 8.21. The van der Waals surface area contributed by atoms with E-state index in [4.69, 9.17) is 0 Å². The van der Waals surface area contributed by atoms with E-state index in [0.29, 0.717) is 0 Å². The van der Waals surface area contributed by atoms with Crippen LogP contribution in [0, 0.1) is 5.92 Å². The molecule has 0 saturated carbocycles. The van der Waals surface area contributed by atoms with Crippen LogP contribution in [-0.2, 0) is 11.3 Å². The molecule has 1 aliphatic rings. The first-order valence-electron chi connectivity index (χ1n) is 10.2. The van der Waals surface area contributed by atoms with Crippen LogP contribution >= 0.6 is 0 Å². The Morgan fingerprint density at radius 1 is 1.28 bits per heavy atom. The second-order valence-corrected chi connectivity index (χ2v) is 7.67. The van der Waals surface area contributed by atoms with E-state index in [9.17, 15) is 9.59 Å². The number of rotatable bonds is 6. The first-order chi connectivity index (χ1) is 14.1. The fourth-order valence-electron chi connectivity index (χ4n) is 4.06. The molecule has 3 heterocycles. The molecule has 0 bridgehead atoms. The summed E-state index contributed by atoms with van der Waals surface area (Å²) in [5.74, 6) is 0.125. The van der Waals surface area contributed by atoms with Gasteiger partial charge in [-0.15, -0.1) is 0 Å². The minimum Gasteiger partial charge on any atom is -0.360 e. The van der Waals surface area contributed by atoms with E-state index < -0.39 is 0 Å². The number of ketones is 1. The molecule has 0 spiro atoms. The molecule has 2 aromatic heterocycles. The van der Waals surface area contributed by atoms with Gasteiger partial charge in [0.25, 0.3) is 0 Å². The molecule has 0 aliphatic carbocycles. The molecule has 152 valence electrons. The lowest BCUT2D eigenvalue weighted by atomic mass is 9.93. The van der Waals surface area contributed by atoms with Crippen molar-refractivity contribution in [1.29, 1.82) is 0 Å². The lowest BCUT2D eigenvalue weighted by Crippen LogP contribution is -2.45. The number of benzene rings is 1. The molecular weight excluding hydrogens is 366 g/mol. The summed E-state index contributed by atoms with van der Waals surface area (Å²) in [7, 11) is 0. The Morgan fingerprint density at radius 3 is 2.76 bits per heavy atom. The maximum Gasteiger partial charge on any atom is 0.227 e. The number of aromatic nitrogens is 3. The molecule has 2 N–H and O–H groups in total. The van der Waals surface area contributed by atoms with Crippen LogP contribution in [-0.4, -0.2) is 50.5 Å². The molecule has 1 unspecified atom stereocenters. The molecule has 1 amide bonds. The average molecular weight is 393 g/mol. The first kappa shape index (κ1) is 19.4. The summed E-state index contributed by atoms with van der Waals surface area (Å²) >= 11 is 0. The van der Waals surface area contributed by atoms with Crippen molar-refractivity contribution in [2.45, 2.75) is 39.3 Å². The fourth-order valence-corrected chi connectivity index (χ4v) is 4.06. The van der Waals surface area contributed by atoms with Gasteiger partial charge < -0.3 is 10.3 Å². The van der Waals surface area contributed by atoms with Crippen LogP contribution < -0.4 is 5.32 Å². The maximum atomic E-state index is 13.1. The third-order valence-corrected chi connectivity index (χ3v) is 5.91. The number of hydrogen-bond acceptors (Lipinski definition) is 4. The van der Waals surface area contributed by atoms with Gasteiger partial charge in [-0.25, -0.2) is 0 Å². The number of fused-ring (bicyclic) bond motifs is 1. The minimum absolute atomic E-state index is 0.0355. The van der Waals surface area contributed by atoms with Gasteiger partial charge in [-0.3, -0.25) is 19.2 Å². The lowest BCUT2D eigenvalue weighted by molar-refractivity contribution is -0.121. The Labute approximate surface area is 170 Å². The zero-order valence-electron chi connectivity index (χ0n) is 16.9.